The summed E-state index contributed by atoms with van der Waals surface area (Å²) in [6.45, 7) is 1.96. The summed E-state index contributed by atoms with van der Waals surface area (Å²) < 4.78 is 11.6. The maximum absolute atomic E-state index is 13.1. The number of benzene rings is 1. The van der Waals surface area contributed by atoms with Crippen LogP contribution in [0.4, 0.5) is 0 Å². The van der Waals surface area contributed by atoms with Crippen LogP contribution in [-0.4, -0.2) is 69.8 Å². The quantitative estimate of drug-likeness (QED) is 0.645. The van der Waals surface area contributed by atoms with Gasteiger partial charge in [-0.05, 0) is 68.3 Å². The Morgan fingerprint density at radius 2 is 2.17 bits per heavy atom. The second-order valence-corrected chi connectivity index (χ2v) is 11.3. The van der Waals surface area contributed by atoms with E-state index in [1.54, 1.807) is 35.6 Å². The highest BCUT2D eigenvalue weighted by atomic mass is 16.5. The smallest absolute Gasteiger partial charge is 0.246 e. The molecule has 3 heterocycles. The molecule has 2 bridgehead atoms. The highest BCUT2D eigenvalue weighted by Gasteiger charge is 2.72. The Morgan fingerprint density at radius 3 is 2.94 bits per heavy atom. The molecule has 7 heteroatoms. The van der Waals surface area contributed by atoms with E-state index in [-0.39, 0.29) is 29.8 Å². The molecule has 2 N–H and O–H groups in total. The summed E-state index contributed by atoms with van der Waals surface area (Å²) in [7, 11) is 1.82. The van der Waals surface area contributed by atoms with Gasteiger partial charge in [0.2, 0.25) is 5.91 Å². The van der Waals surface area contributed by atoms with E-state index in [0.717, 1.165) is 43.0 Å². The van der Waals surface area contributed by atoms with Gasteiger partial charge in [0.1, 0.15) is 6.10 Å². The van der Waals surface area contributed by atoms with Gasteiger partial charge < -0.3 is 24.3 Å². The van der Waals surface area contributed by atoms with Crippen LogP contribution < -0.4 is 4.74 Å². The van der Waals surface area contributed by atoms with E-state index < -0.39 is 11.0 Å². The third-order valence-corrected chi connectivity index (χ3v) is 9.53. The average Bonchev–Trinajstić information content (AvgIpc) is 3.36. The lowest BCUT2D eigenvalue weighted by atomic mass is 9.48. The Balaban J connectivity index is 1.26. The number of furan rings is 1. The zero-order chi connectivity index (χ0) is 23.9. The number of amides is 1. The van der Waals surface area contributed by atoms with Crippen LogP contribution in [0, 0.1) is 5.92 Å². The molecule has 184 valence electrons. The van der Waals surface area contributed by atoms with Gasteiger partial charge >= 0.3 is 0 Å². The summed E-state index contributed by atoms with van der Waals surface area (Å²) in [6.07, 6.45) is 11.5. The van der Waals surface area contributed by atoms with E-state index in [1.807, 2.05) is 19.2 Å². The van der Waals surface area contributed by atoms with E-state index in [0.29, 0.717) is 18.6 Å². The van der Waals surface area contributed by atoms with Gasteiger partial charge in [0, 0.05) is 49.3 Å². The highest BCUT2D eigenvalue weighted by Crippen LogP contribution is 2.65. The van der Waals surface area contributed by atoms with E-state index >= 15 is 0 Å². The third-order valence-electron chi connectivity index (χ3n) is 9.53. The third kappa shape index (κ3) is 2.94. The number of carbonyl (C=O) groups excluding carboxylic acids is 1. The molecule has 5 atom stereocenters. The number of phenolic OH excluding ortho intramolecular Hbond substituents is 1. The number of likely N-dealkylation sites (tertiary alicyclic amines) is 1. The molecule has 1 aromatic carbocycles. The lowest BCUT2D eigenvalue weighted by Crippen LogP contribution is -2.77. The van der Waals surface area contributed by atoms with E-state index in [1.165, 1.54) is 18.4 Å². The topological polar surface area (TPSA) is 86.4 Å². The minimum Gasteiger partial charge on any atom is -0.504 e. The Labute approximate surface area is 205 Å². The average molecular weight is 477 g/mol. The fourth-order valence-corrected chi connectivity index (χ4v) is 7.61. The fourth-order valence-electron chi connectivity index (χ4n) is 7.61. The molecule has 0 radical (unpaired) electrons. The summed E-state index contributed by atoms with van der Waals surface area (Å²) in [5.41, 5.74) is 1.50. The first-order valence-corrected chi connectivity index (χ1v) is 12.9. The molecular weight excluding hydrogens is 444 g/mol. The van der Waals surface area contributed by atoms with Crippen molar-refractivity contribution in [2.75, 3.05) is 20.1 Å². The summed E-state index contributed by atoms with van der Waals surface area (Å²) >= 11 is 0. The molecule has 35 heavy (non-hydrogen) atoms. The van der Waals surface area contributed by atoms with Crippen LogP contribution in [0.25, 0.3) is 6.08 Å². The predicted octanol–water partition coefficient (Wildman–Crippen LogP) is 3.09. The molecule has 2 aromatic rings. The lowest BCUT2D eigenvalue weighted by molar-refractivity contribution is -0.198. The van der Waals surface area contributed by atoms with Crippen LogP contribution in [0.5, 0.6) is 11.5 Å². The second kappa shape index (κ2) is 7.37. The van der Waals surface area contributed by atoms with Crippen molar-refractivity contribution in [1.29, 1.82) is 0 Å². The van der Waals surface area contributed by atoms with Gasteiger partial charge in [0.25, 0.3) is 0 Å². The number of ether oxygens (including phenoxy) is 1. The molecule has 3 aliphatic carbocycles. The summed E-state index contributed by atoms with van der Waals surface area (Å²) in [6, 6.07) is 5.39. The van der Waals surface area contributed by atoms with Gasteiger partial charge in [-0.15, -0.1) is 0 Å². The molecule has 5 aliphatic rings. The van der Waals surface area contributed by atoms with Gasteiger partial charge in [0.15, 0.2) is 11.5 Å². The molecule has 1 saturated heterocycles. The lowest BCUT2D eigenvalue weighted by Gasteiger charge is -2.64. The van der Waals surface area contributed by atoms with Crippen LogP contribution in [0.3, 0.4) is 0 Å². The van der Waals surface area contributed by atoms with Gasteiger partial charge in [-0.3, -0.25) is 9.69 Å². The van der Waals surface area contributed by atoms with Crippen LogP contribution in [0.1, 0.15) is 48.8 Å². The van der Waals surface area contributed by atoms with Crippen molar-refractivity contribution in [3.63, 3.8) is 0 Å². The van der Waals surface area contributed by atoms with Crippen molar-refractivity contribution in [2.24, 2.45) is 5.92 Å². The van der Waals surface area contributed by atoms with Gasteiger partial charge in [-0.1, -0.05) is 6.07 Å². The molecular formula is C28H32N2O5. The summed E-state index contributed by atoms with van der Waals surface area (Å²) in [4.78, 5) is 17.4. The first kappa shape index (κ1) is 21.5. The van der Waals surface area contributed by atoms with Gasteiger partial charge in [-0.2, -0.15) is 0 Å². The molecule has 2 saturated carbocycles. The van der Waals surface area contributed by atoms with Crippen molar-refractivity contribution >= 4 is 12.0 Å². The van der Waals surface area contributed by atoms with Crippen LogP contribution in [0.2, 0.25) is 0 Å². The predicted molar refractivity (Wildman–Crippen MR) is 129 cm³/mol. The van der Waals surface area contributed by atoms with Crippen LogP contribution in [0.15, 0.2) is 41.2 Å². The normalized spacial score (nSPS) is 35.1. The molecule has 1 amide bonds. The Bertz CT molecular complexity index is 1200. The second-order valence-electron chi connectivity index (χ2n) is 11.3. The number of nitrogens with zero attached hydrogens (tertiary/aromatic N) is 2. The zero-order valence-electron chi connectivity index (χ0n) is 20.0. The van der Waals surface area contributed by atoms with Crippen LogP contribution in [-0.2, 0) is 16.6 Å². The van der Waals surface area contributed by atoms with Crippen molar-refractivity contribution in [3.8, 4) is 11.5 Å². The molecule has 2 aliphatic heterocycles. The minimum atomic E-state index is -1.03. The molecule has 1 aromatic heterocycles. The Morgan fingerprint density at radius 1 is 1.31 bits per heavy atom. The standard InChI is InChI=1S/C28H32N2O5/c1-29(24(32)7-4-18-8-11-34-16-18)20-13-23-27-9-10-30(15-17-2-3-17)22(28(27,33)14-20)12-19-5-6-21(31)26(35-23)25(19)27/h4-8,11,16-17,20,22-23,31,33H,2-3,9-10,12-15H2,1H3/b7-4+/t20?,22-,23?,27-,28-/m1/s1. The number of hydrogen-bond acceptors (Lipinski definition) is 6. The van der Waals surface area contributed by atoms with E-state index in [9.17, 15) is 15.0 Å². The molecule has 7 nitrogen and oxygen atoms in total. The number of likely N-dealkylation sites (N-methyl/N-ethyl adjacent to an activating group) is 1. The zero-order valence-corrected chi connectivity index (χ0v) is 20.0. The number of carbonyl (C=O) groups is 1. The maximum Gasteiger partial charge on any atom is 0.246 e. The van der Waals surface area contributed by atoms with Gasteiger partial charge in [-0.25, -0.2) is 0 Å². The van der Waals surface area contributed by atoms with Crippen molar-refractivity contribution < 1.29 is 24.2 Å². The summed E-state index contributed by atoms with van der Waals surface area (Å²) in [5, 5.41) is 23.4. The van der Waals surface area contributed by atoms with E-state index in [2.05, 4.69) is 4.90 Å². The van der Waals surface area contributed by atoms with Crippen molar-refractivity contribution in [1.82, 2.24) is 9.80 Å². The Hall–Kier alpha value is -2.77. The fraction of sp³-hybridized carbons (Fsp3) is 0.536. The number of piperidine rings is 1. The summed E-state index contributed by atoms with van der Waals surface area (Å²) in [5.74, 6) is 1.33. The molecule has 7 rings (SSSR count). The van der Waals surface area contributed by atoms with E-state index in [4.69, 9.17) is 9.15 Å². The van der Waals surface area contributed by atoms with Crippen molar-refractivity contribution in [3.05, 3.63) is 53.5 Å². The first-order valence-electron chi connectivity index (χ1n) is 12.9. The largest absolute Gasteiger partial charge is 0.504 e. The number of aliphatic hydroxyl groups is 1. The van der Waals surface area contributed by atoms with Crippen molar-refractivity contribution in [2.45, 2.75) is 67.7 Å². The number of phenols is 1. The molecule has 2 unspecified atom stereocenters. The maximum atomic E-state index is 13.1. The minimum absolute atomic E-state index is 0.0151. The molecule has 1 spiro atoms. The van der Waals surface area contributed by atoms with Crippen LogP contribution >= 0.6 is 0 Å². The van der Waals surface area contributed by atoms with Gasteiger partial charge in [0.05, 0.1) is 23.5 Å². The highest BCUT2D eigenvalue weighted by molar-refractivity contribution is 5.91. The number of aromatic hydroxyl groups is 1. The molecule has 3 fully saturated rings. The number of rotatable bonds is 5. The monoisotopic (exact) mass is 476 g/mol. The SMILES string of the molecule is CN(C(=O)/C=C/c1ccoc1)C1CC2Oc3c(O)ccc4c3[C@@]23CCN(CC2CC2)[C@H](C4)[C@]3(O)C1. The first-order chi connectivity index (χ1) is 16.9. The number of hydrogen-bond donors (Lipinski definition) is 2. The Kier molecular flexibility index (Phi) is 4.53.